The van der Waals surface area contributed by atoms with Gasteiger partial charge < -0.3 is 10.4 Å². The normalized spacial score (nSPS) is 20.9. The van der Waals surface area contributed by atoms with E-state index < -0.39 is 41.2 Å². The van der Waals surface area contributed by atoms with Gasteiger partial charge in [-0.25, -0.2) is 17.7 Å². The summed E-state index contributed by atoms with van der Waals surface area (Å²) in [5, 5.41) is 15.3. The number of aromatic nitrogens is 3. The van der Waals surface area contributed by atoms with Crippen LogP contribution in [0.3, 0.4) is 0 Å². The topological polar surface area (TPSA) is 85.4 Å². The van der Waals surface area contributed by atoms with Gasteiger partial charge in [-0.2, -0.15) is 18.3 Å². The molecule has 0 bridgehead atoms. The molecule has 1 atom stereocenters. The maximum Gasteiger partial charge on any atom is 0.333 e. The van der Waals surface area contributed by atoms with Gasteiger partial charge in [-0.05, 0) is 43.7 Å². The number of hydrogen-bond donors (Lipinski definition) is 2. The Morgan fingerprint density at radius 3 is 2.59 bits per heavy atom. The second-order valence-corrected chi connectivity index (χ2v) is 9.31. The van der Waals surface area contributed by atoms with Crippen LogP contribution < -0.4 is 15.0 Å². The van der Waals surface area contributed by atoms with Gasteiger partial charge in [0, 0.05) is 35.9 Å². The molecule has 37 heavy (non-hydrogen) atoms. The number of aromatic hydroxyl groups is 1. The molecule has 1 unspecified atom stereocenters. The molecule has 2 aromatic heterocycles. The van der Waals surface area contributed by atoms with Gasteiger partial charge in [0.25, 0.3) is 5.91 Å². The van der Waals surface area contributed by atoms with E-state index in [0.717, 1.165) is 36.7 Å². The van der Waals surface area contributed by atoms with Gasteiger partial charge in [-0.15, -0.1) is 0 Å². The quantitative estimate of drug-likeness (QED) is 0.296. The van der Waals surface area contributed by atoms with E-state index in [1.807, 2.05) is 28.8 Å². The summed E-state index contributed by atoms with van der Waals surface area (Å²) in [5.74, 6) is -6.81. The first-order valence-corrected chi connectivity index (χ1v) is 11.8. The zero-order chi connectivity index (χ0) is 26.3. The molecule has 1 aliphatic carbocycles. The van der Waals surface area contributed by atoms with E-state index in [1.165, 1.54) is 12.4 Å². The van der Waals surface area contributed by atoms with Crippen LogP contribution in [0.25, 0.3) is 11.1 Å². The summed E-state index contributed by atoms with van der Waals surface area (Å²) in [7, 11) is 0. The van der Waals surface area contributed by atoms with Crippen molar-refractivity contribution in [2.75, 3.05) is 6.54 Å². The third-order valence-electron chi connectivity index (χ3n) is 6.99. The van der Waals surface area contributed by atoms with Crippen LogP contribution in [0.4, 0.5) is 22.0 Å². The van der Waals surface area contributed by atoms with Gasteiger partial charge in [-0.1, -0.05) is 4.99 Å². The largest absolute Gasteiger partial charge is 0.503 e. The standard InChI is InChI=1S/C25H22F5N5O2/c26-18-7-17(21(27)22(28)23(18)36)24(37)31-8-13-1-3-14(4-2-13)19-12-34-10-15(5-6-20(34)33-19)16-9-32-35(11-16)25(29)30/h5-7,9-14,19,25H,1-4,8H2,(H-,31,36,37)/p+1/t13-,14-,19?. The minimum atomic E-state index is -2.70. The molecular weight excluding hydrogens is 497 g/mol. The molecule has 3 aromatic rings. The summed E-state index contributed by atoms with van der Waals surface area (Å²) in [4.78, 5) is 17.0. The highest BCUT2D eigenvalue weighted by molar-refractivity contribution is 5.94. The highest BCUT2D eigenvalue weighted by Gasteiger charge is 2.33. The van der Waals surface area contributed by atoms with Crippen molar-refractivity contribution in [3.8, 4) is 16.9 Å². The first kappa shape index (κ1) is 24.8. The number of pyridine rings is 1. The van der Waals surface area contributed by atoms with Crippen molar-refractivity contribution in [1.82, 2.24) is 15.1 Å². The van der Waals surface area contributed by atoms with E-state index in [1.54, 1.807) is 0 Å². The van der Waals surface area contributed by atoms with Gasteiger partial charge >= 0.3 is 12.0 Å². The van der Waals surface area contributed by atoms with Crippen molar-refractivity contribution in [2.45, 2.75) is 38.3 Å². The summed E-state index contributed by atoms with van der Waals surface area (Å²) < 4.78 is 69.1. The number of halogens is 5. The maximum atomic E-state index is 13.9. The third-order valence-corrected chi connectivity index (χ3v) is 6.99. The van der Waals surface area contributed by atoms with Gasteiger partial charge in [0.15, 0.2) is 23.4 Å². The van der Waals surface area contributed by atoms with E-state index in [2.05, 4.69) is 10.4 Å². The minimum absolute atomic E-state index is 0.0494. The summed E-state index contributed by atoms with van der Waals surface area (Å²) in [6, 6.07) is 4.07. The van der Waals surface area contributed by atoms with Crippen molar-refractivity contribution in [3.05, 3.63) is 71.5 Å². The molecule has 1 saturated carbocycles. The number of amides is 1. The SMILES string of the molecule is O=C(NC[C@H]1CC[C@H](C2C=[n+]3cc(-c4cnn(C(F)F)c4)ccc3=N2)CC1)c1cc(F)c(O)c(F)c1F. The molecule has 2 aliphatic rings. The smallest absolute Gasteiger partial charge is 0.333 e. The van der Waals surface area contributed by atoms with Crippen LogP contribution in [0.1, 0.15) is 42.6 Å². The van der Waals surface area contributed by atoms with E-state index in [4.69, 9.17) is 10.1 Å². The Balaban J connectivity index is 1.18. The fraction of sp³-hybridized carbons (Fsp3) is 0.360. The number of benzene rings is 1. The van der Waals surface area contributed by atoms with Crippen LogP contribution in [0.5, 0.6) is 5.75 Å². The molecule has 2 N–H and O–H groups in total. The van der Waals surface area contributed by atoms with Crippen molar-refractivity contribution >= 4 is 5.91 Å². The lowest BCUT2D eigenvalue weighted by atomic mass is 9.79. The van der Waals surface area contributed by atoms with E-state index in [-0.39, 0.29) is 24.4 Å². The summed E-state index contributed by atoms with van der Waals surface area (Å²) in [5.41, 5.74) is 1.29. The third kappa shape index (κ3) is 4.92. The molecule has 0 spiro atoms. The van der Waals surface area contributed by atoms with Crippen molar-refractivity contribution in [3.63, 3.8) is 0 Å². The molecule has 5 rings (SSSR count). The highest BCUT2D eigenvalue weighted by atomic mass is 19.3. The van der Waals surface area contributed by atoms with Crippen LogP contribution in [-0.2, 0) is 0 Å². The Hall–Kier alpha value is -3.83. The Bertz CT molecular complexity index is 1470. The molecule has 1 fully saturated rings. The molecule has 12 heteroatoms. The zero-order valence-electron chi connectivity index (χ0n) is 19.4. The lowest BCUT2D eigenvalue weighted by molar-refractivity contribution is -0.522. The fourth-order valence-electron chi connectivity index (χ4n) is 4.90. The van der Waals surface area contributed by atoms with Crippen LogP contribution in [-0.4, -0.2) is 33.4 Å². The number of carbonyl (C=O) groups is 1. The summed E-state index contributed by atoms with van der Waals surface area (Å²) in [6.07, 6.45) is 9.76. The monoisotopic (exact) mass is 520 g/mol. The highest BCUT2D eigenvalue weighted by Crippen LogP contribution is 2.32. The first-order chi connectivity index (χ1) is 17.7. The number of hydrogen-bond acceptors (Lipinski definition) is 4. The second kappa shape index (κ2) is 9.91. The number of alkyl halides is 2. The average molecular weight is 520 g/mol. The van der Waals surface area contributed by atoms with Crippen LogP contribution >= 0.6 is 0 Å². The van der Waals surface area contributed by atoms with Gasteiger partial charge in [-0.3, -0.25) is 4.79 Å². The molecule has 1 amide bonds. The number of phenolic OH excluding ortho intramolecular Hbond substituents is 1. The van der Waals surface area contributed by atoms with Crippen molar-refractivity contribution in [1.29, 1.82) is 0 Å². The number of nitrogens with one attached hydrogen (secondary N) is 1. The van der Waals surface area contributed by atoms with Crippen molar-refractivity contribution in [2.24, 2.45) is 16.8 Å². The van der Waals surface area contributed by atoms with Gasteiger partial charge in [0.1, 0.15) is 12.4 Å². The number of phenols is 1. The number of rotatable bonds is 6. The molecule has 1 aromatic carbocycles. The zero-order valence-corrected chi connectivity index (χ0v) is 19.4. The molecular formula is C25H23F5N5O2+. The first-order valence-electron chi connectivity index (χ1n) is 11.8. The summed E-state index contributed by atoms with van der Waals surface area (Å²) in [6.45, 7) is -2.48. The Morgan fingerprint density at radius 1 is 1.14 bits per heavy atom. The van der Waals surface area contributed by atoms with Crippen LogP contribution in [0, 0.1) is 35.5 Å². The number of nitrogens with zero attached hydrogens (tertiary/aromatic N) is 4. The predicted molar refractivity (Wildman–Crippen MR) is 120 cm³/mol. The lowest BCUT2D eigenvalue weighted by Crippen LogP contribution is -2.34. The molecule has 1 aliphatic heterocycles. The Kier molecular flexibility index (Phi) is 6.65. The minimum Gasteiger partial charge on any atom is -0.503 e. The van der Waals surface area contributed by atoms with Gasteiger partial charge in [0.05, 0.1) is 11.8 Å². The Labute approximate surface area is 207 Å². The number of fused-ring (bicyclic) bond motifs is 1. The molecule has 7 nitrogen and oxygen atoms in total. The molecule has 0 radical (unpaired) electrons. The number of carbonyl (C=O) groups excluding carboxylic acids is 1. The summed E-state index contributed by atoms with van der Waals surface area (Å²) >= 11 is 0. The van der Waals surface area contributed by atoms with E-state index in [0.29, 0.717) is 16.3 Å². The van der Waals surface area contributed by atoms with E-state index >= 15 is 0 Å². The maximum absolute atomic E-state index is 13.9. The van der Waals surface area contributed by atoms with Gasteiger partial charge in [0.2, 0.25) is 5.82 Å². The average Bonchev–Trinajstić information content (AvgIpc) is 3.56. The predicted octanol–water partition coefficient (Wildman–Crippen LogP) is 3.60. The van der Waals surface area contributed by atoms with Crippen molar-refractivity contribution < 1.29 is 36.1 Å². The molecule has 3 heterocycles. The van der Waals surface area contributed by atoms with Crippen LogP contribution in [0.15, 0.2) is 41.8 Å². The lowest BCUT2D eigenvalue weighted by Gasteiger charge is -2.28. The van der Waals surface area contributed by atoms with E-state index in [9.17, 15) is 26.7 Å². The fourth-order valence-corrected chi connectivity index (χ4v) is 4.90. The Morgan fingerprint density at radius 2 is 1.89 bits per heavy atom. The molecule has 194 valence electrons. The van der Waals surface area contributed by atoms with Crippen LogP contribution in [0.2, 0.25) is 0 Å². The second-order valence-electron chi connectivity index (χ2n) is 9.31. The molecule has 0 saturated heterocycles.